The van der Waals surface area contributed by atoms with E-state index in [1.165, 1.54) is 0 Å². The Bertz CT molecular complexity index is 1250. The average Bonchev–Trinajstić information content (AvgIpc) is 3.21. The van der Waals surface area contributed by atoms with Gasteiger partial charge in [-0.1, -0.05) is 48.5 Å². The molecule has 1 atom stereocenters. The van der Waals surface area contributed by atoms with Gasteiger partial charge in [-0.2, -0.15) is 0 Å². The molecule has 4 aromatic rings. The Labute approximate surface area is 178 Å². The molecule has 4 nitrogen and oxygen atoms in total. The van der Waals surface area contributed by atoms with Gasteiger partial charge in [-0.15, -0.1) is 0 Å². The Balaban J connectivity index is 1.63. The third-order valence-corrected chi connectivity index (χ3v) is 5.51. The van der Waals surface area contributed by atoms with Crippen LogP contribution in [-0.2, 0) is 6.54 Å². The Kier molecular flexibility index (Phi) is 4.75. The van der Waals surface area contributed by atoms with Crippen LogP contribution in [0, 0.1) is 11.6 Å². The number of para-hydroxylation sites is 1. The number of urea groups is 1. The van der Waals surface area contributed by atoms with Crippen LogP contribution in [0.15, 0.2) is 91.1 Å². The van der Waals surface area contributed by atoms with Gasteiger partial charge in [-0.3, -0.25) is 0 Å². The fourth-order valence-electron chi connectivity index (χ4n) is 4.11. The highest BCUT2D eigenvalue weighted by Crippen LogP contribution is 2.36. The summed E-state index contributed by atoms with van der Waals surface area (Å²) in [5.74, 6) is -1.31. The standard InChI is InChI=1S/C25H19F2N3O/c26-19-12-13-20(27)21(15-19)28-25(31)30-16-18-9-4-5-10-22(18)29-14-6-11-23(29)24(30)17-7-2-1-3-8-17/h1-15,24H,16H2,(H,28,31). The quantitative estimate of drug-likeness (QED) is 0.435. The first kappa shape index (κ1) is 19.1. The summed E-state index contributed by atoms with van der Waals surface area (Å²) in [6.07, 6.45) is 1.97. The second kappa shape index (κ2) is 7.72. The molecule has 154 valence electrons. The molecule has 1 aliphatic heterocycles. The van der Waals surface area contributed by atoms with Crippen molar-refractivity contribution in [3.63, 3.8) is 0 Å². The molecule has 6 heteroatoms. The Morgan fingerprint density at radius 3 is 2.52 bits per heavy atom. The van der Waals surface area contributed by atoms with Gasteiger partial charge >= 0.3 is 6.03 Å². The van der Waals surface area contributed by atoms with Crippen molar-refractivity contribution in [2.45, 2.75) is 12.6 Å². The Hall–Kier alpha value is -3.93. The molecule has 5 rings (SSSR count). The van der Waals surface area contributed by atoms with Crippen LogP contribution in [-0.4, -0.2) is 15.5 Å². The molecule has 1 N–H and O–H groups in total. The second-order valence-electron chi connectivity index (χ2n) is 7.43. The zero-order valence-corrected chi connectivity index (χ0v) is 16.5. The first-order valence-corrected chi connectivity index (χ1v) is 9.95. The van der Waals surface area contributed by atoms with Crippen molar-refractivity contribution in [3.05, 3.63) is 120 Å². The molecule has 1 aromatic heterocycles. The van der Waals surface area contributed by atoms with E-state index in [1.54, 1.807) is 4.90 Å². The SMILES string of the molecule is O=C(Nc1cc(F)ccc1F)N1Cc2ccccc2-n2cccc2C1c1ccccc1. The highest BCUT2D eigenvalue weighted by molar-refractivity contribution is 5.90. The molecule has 0 spiro atoms. The Morgan fingerprint density at radius 1 is 0.903 bits per heavy atom. The molecule has 0 bridgehead atoms. The minimum absolute atomic E-state index is 0.190. The van der Waals surface area contributed by atoms with E-state index in [0.717, 1.165) is 40.7 Å². The van der Waals surface area contributed by atoms with Gasteiger partial charge in [0.1, 0.15) is 11.6 Å². The molecule has 0 aliphatic carbocycles. The number of rotatable bonds is 2. The van der Waals surface area contributed by atoms with E-state index < -0.39 is 23.7 Å². The number of nitrogens with zero attached hydrogens (tertiary/aromatic N) is 2. The number of anilines is 1. The molecule has 1 aliphatic rings. The van der Waals surface area contributed by atoms with E-state index in [-0.39, 0.29) is 5.69 Å². The number of hydrogen-bond acceptors (Lipinski definition) is 1. The first-order chi connectivity index (χ1) is 15.1. The average molecular weight is 415 g/mol. The number of fused-ring (bicyclic) bond motifs is 3. The van der Waals surface area contributed by atoms with Gasteiger partial charge in [0.15, 0.2) is 0 Å². The van der Waals surface area contributed by atoms with Gasteiger partial charge in [-0.05, 0) is 41.5 Å². The van der Waals surface area contributed by atoms with Crippen LogP contribution in [0.25, 0.3) is 5.69 Å². The highest BCUT2D eigenvalue weighted by atomic mass is 19.1. The number of hydrogen-bond donors (Lipinski definition) is 1. The van der Waals surface area contributed by atoms with Crippen LogP contribution in [0.2, 0.25) is 0 Å². The van der Waals surface area contributed by atoms with Gasteiger partial charge in [0.05, 0.1) is 24.0 Å². The third kappa shape index (κ3) is 3.46. The lowest BCUT2D eigenvalue weighted by atomic mass is 10.0. The summed E-state index contributed by atoms with van der Waals surface area (Å²) >= 11 is 0. The number of carbonyl (C=O) groups excluding carboxylic acids is 1. The summed E-state index contributed by atoms with van der Waals surface area (Å²) in [4.78, 5) is 15.1. The lowest BCUT2D eigenvalue weighted by Crippen LogP contribution is -2.38. The molecular formula is C25H19F2N3O. The summed E-state index contributed by atoms with van der Waals surface area (Å²) < 4.78 is 30.0. The normalized spacial score (nSPS) is 15.0. The largest absolute Gasteiger partial charge is 0.323 e. The van der Waals surface area contributed by atoms with Crippen LogP contribution < -0.4 is 5.32 Å². The van der Waals surface area contributed by atoms with Crippen molar-refractivity contribution < 1.29 is 13.6 Å². The van der Waals surface area contributed by atoms with Crippen LogP contribution in [0.3, 0.4) is 0 Å². The zero-order chi connectivity index (χ0) is 21.4. The van der Waals surface area contributed by atoms with Crippen molar-refractivity contribution in [1.29, 1.82) is 0 Å². The maximum absolute atomic E-state index is 14.2. The molecule has 31 heavy (non-hydrogen) atoms. The van der Waals surface area contributed by atoms with Crippen LogP contribution >= 0.6 is 0 Å². The van der Waals surface area contributed by atoms with Crippen LogP contribution in [0.5, 0.6) is 0 Å². The van der Waals surface area contributed by atoms with E-state index in [2.05, 4.69) is 9.88 Å². The summed E-state index contributed by atoms with van der Waals surface area (Å²) in [6, 6.07) is 23.5. The van der Waals surface area contributed by atoms with Crippen LogP contribution in [0.1, 0.15) is 22.9 Å². The molecule has 0 saturated carbocycles. The predicted octanol–water partition coefficient (Wildman–Crippen LogP) is 5.89. The van der Waals surface area contributed by atoms with Crippen molar-refractivity contribution in [3.8, 4) is 5.69 Å². The second-order valence-corrected chi connectivity index (χ2v) is 7.43. The van der Waals surface area contributed by atoms with E-state index in [0.29, 0.717) is 6.54 Å². The summed E-state index contributed by atoms with van der Waals surface area (Å²) in [6.45, 7) is 0.306. The molecule has 0 fully saturated rings. The van der Waals surface area contributed by atoms with E-state index >= 15 is 0 Å². The smallest absolute Gasteiger partial charge is 0.318 e. The van der Waals surface area contributed by atoms with E-state index in [9.17, 15) is 13.6 Å². The number of halogens is 2. The molecule has 2 amide bonds. The monoisotopic (exact) mass is 415 g/mol. The number of amides is 2. The van der Waals surface area contributed by atoms with Gasteiger partial charge < -0.3 is 14.8 Å². The maximum atomic E-state index is 14.2. The lowest BCUT2D eigenvalue weighted by molar-refractivity contribution is 0.194. The summed E-state index contributed by atoms with van der Waals surface area (Å²) in [5, 5.41) is 2.56. The summed E-state index contributed by atoms with van der Waals surface area (Å²) in [5.41, 5.74) is 3.57. The molecule has 3 aromatic carbocycles. The zero-order valence-electron chi connectivity index (χ0n) is 16.5. The Morgan fingerprint density at radius 2 is 1.68 bits per heavy atom. The van der Waals surface area contributed by atoms with Crippen molar-refractivity contribution in [2.24, 2.45) is 0 Å². The topological polar surface area (TPSA) is 37.3 Å². The minimum Gasteiger partial charge on any atom is -0.318 e. The fraction of sp³-hybridized carbons (Fsp3) is 0.0800. The fourth-order valence-corrected chi connectivity index (χ4v) is 4.11. The van der Waals surface area contributed by atoms with E-state index in [1.807, 2.05) is 72.9 Å². The van der Waals surface area contributed by atoms with Gasteiger partial charge in [0.25, 0.3) is 0 Å². The minimum atomic E-state index is -0.690. The first-order valence-electron chi connectivity index (χ1n) is 9.95. The highest BCUT2D eigenvalue weighted by Gasteiger charge is 2.33. The van der Waals surface area contributed by atoms with E-state index in [4.69, 9.17) is 0 Å². The van der Waals surface area contributed by atoms with Crippen molar-refractivity contribution in [2.75, 3.05) is 5.32 Å². The van der Waals surface area contributed by atoms with Crippen LogP contribution in [0.4, 0.5) is 19.3 Å². The maximum Gasteiger partial charge on any atom is 0.323 e. The molecule has 0 radical (unpaired) electrons. The molecular weight excluding hydrogens is 396 g/mol. The molecule has 0 saturated heterocycles. The molecule has 2 heterocycles. The lowest BCUT2D eigenvalue weighted by Gasteiger charge is -2.31. The van der Waals surface area contributed by atoms with Gasteiger partial charge in [-0.25, -0.2) is 13.6 Å². The summed E-state index contributed by atoms with van der Waals surface area (Å²) in [7, 11) is 0. The van der Waals surface area contributed by atoms with Crippen molar-refractivity contribution >= 4 is 11.7 Å². The van der Waals surface area contributed by atoms with Gasteiger partial charge in [0.2, 0.25) is 0 Å². The van der Waals surface area contributed by atoms with Gasteiger partial charge in [0, 0.05) is 18.0 Å². The predicted molar refractivity (Wildman–Crippen MR) is 115 cm³/mol. The number of aromatic nitrogens is 1. The number of carbonyl (C=O) groups is 1. The third-order valence-electron chi connectivity index (χ3n) is 5.51. The van der Waals surface area contributed by atoms with Crippen molar-refractivity contribution in [1.82, 2.24) is 9.47 Å². The number of nitrogens with one attached hydrogen (secondary N) is 1. The number of benzene rings is 3. The molecule has 1 unspecified atom stereocenters.